The van der Waals surface area contributed by atoms with Crippen molar-refractivity contribution < 1.29 is 23.8 Å². The Morgan fingerprint density at radius 3 is 2.58 bits per heavy atom. The molecule has 0 aromatic carbocycles. The summed E-state index contributed by atoms with van der Waals surface area (Å²) in [7, 11) is 0. The molecule has 9 nitrogen and oxygen atoms in total. The number of alkyl halides is 1. The number of carbonyl (C=O) groups excluding carboxylic acids is 2. The molecule has 1 aromatic heterocycles. The van der Waals surface area contributed by atoms with Crippen LogP contribution in [-0.4, -0.2) is 45.1 Å². The van der Waals surface area contributed by atoms with Crippen molar-refractivity contribution in [1.29, 1.82) is 0 Å². The molecule has 1 saturated heterocycles. The van der Waals surface area contributed by atoms with Gasteiger partial charge < -0.3 is 14.2 Å². The van der Waals surface area contributed by atoms with E-state index in [1.807, 2.05) is 0 Å². The van der Waals surface area contributed by atoms with Gasteiger partial charge in [-0.1, -0.05) is 29.8 Å². The van der Waals surface area contributed by atoms with Crippen molar-refractivity contribution in [3.8, 4) is 0 Å². The lowest BCUT2D eigenvalue weighted by molar-refractivity contribution is -0.157. The summed E-state index contributed by atoms with van der Waals surface area (Å²) in [6.07, 6.45) is -0.655. The number of hydrogen-bond acceptors (Lipinski definition) is 7. The lowest BCUT2D eigenvalue weighted by Crippen LogP contribution is -2.38. The molecule has 1 aliphatic heterocycles. The molecule has 0 bridgehead atoms. The van der Waals surface area contributed by atoms with E-state index in [-0.39, 0.29) is 19.4 Å². The molecule has 144 valence electrons. The summed E-state index contributed by atoms with van der Waals surface area (Å²) in [5.41, 5.74) is -1.16. The molecule has 2 rings (SSSR count). The Morgan fingerprint density at radius 1 is 1.31 bits per heavy atom. The van der Waals surface area contributed by atoms with Gasteiger partial charge in [-0.2, -0.15) is 0 Å². The minimum Gasteiger partial charge on any atom is -0.463 e. The number of carbonyl (C=O) groups is 2. The summed E-state index contributed by atoms with van der Waals surface area (Å²) in [6, 6.07) is 0. The van der Waals surface area contributed by atoms with E-state index in [1.54, 1.807) is 36.4 Å². The SMILES string of the molecule is CCC(=O)OC[C@H]1O[C@@H](n2cc(I)c(=O)[nH]c2=O)[C@@H](Br)[C@@H]1OC(=O)CC. The van der Waals surface area contributed by atoms with Crippen LogP contribution in [0.15, 0.2) is 15.8 Å². The highest BCUT2D eigenvalue weighted by molar-refractivity contribution is 14.1. The molecular weight excluding hydrogens is 527 g/mol. The number of H-pyrrole nitrogens is 1. The summed E-state index contributed by atoms with van der Waals surface area (Å²) in [4.78, 5) is 48.5. The van der Waals surface area contributed by atoms with Crippen molar-refractivity contribution in [3.05, 3.63) is 30.6 Å². The maximum atomic E-state index is 12.1. The molecule has 1 N–H and O–H groups in total. The second-order valence-electron chi connectivity index (χ2n) is 5.50. The smallest absolute Gasteiger partial charge is 0.330 e. The van der Waals surface area contributed by atoms with Gasteiger partial charge in [0.1, 0.15) is 18.8 Å². The van der Waals surface area contributed by atoms with Gasteiger partial charge in [-0.15, -0.1) is 0 Å². The van der Waals surface area contributed by atoms with E-state index < -0.39 is 46.5 Å². The van der Waals surface area contributed by atoms with Crippen LogP contribution >= 0.6 is 38.5 Å². The van der Waals surface area contributed by atoms with Crippen LogP contribution in [0.5, 0.6) is 0 Å². The van der Waals surface area contributed by atoms with E-state index in [9.17, 15) is 19.2 Å². The molecule has 0 unspecified atom stereocenters. The monoisotopic (exact) mass is 544 g/mol. The Balaban J connectivity index is 2.30. The number of ether oxygens (including phenoxy) is 3. The number of halogens is 2. The number of nitrogens with zero attached hydrogens (tertiary/aromatic N) is 1. The summed E-state index contributed by atoms with van der Waals surface area (Å²) in [5, 5.41) is 0. The van der Waals surface area contributed by atoms with Crippen LogP contribution in [0.25, 0.3) is 0 Å². The number of aromatic amines is 1. The van der Waals surface area contributed by atoms with E-state index in [0.717, 1.165) is 0 Å². The van der Waals surface area contributed by atoms with E-state index >= 15 is 0 Å². The number of nitrogens with one attached hydrogen (secondary N) is 1. The Bertz CT molecular complexity index is 793. The molecule has 0 radical (unpaired) electrons. The summed E-state index contributed by atoms with van der Waals surface area (Å²) in [6.45, 7) is 3.19. The van der Waals surface area contributed by atoms with Crippen LogP contribution in [0.1, 0.15) is 32.9 Å². The van der Waals surface area contributed by atoms with E-state index in [1.165, 1.54) is 10.8 Å². The van der Waals surface area contributed by atoms with Crippen molar-refractivity contribution in [1.82, 2.24) is 9.55 Å². The van der Waals surface area contributed by atoms with Crippen LogP contribution in [0.4, 0.5) is 0 Å². The lowest BCUT2D eigenvalue weighted by atomic mass is 10.2. The third kappa shape index (κ3) is 4.74. The molecule has 0 spiro atoms. The van der Waals surface area contributed by atoms with Gasteiger partial charge in [0.25, 0.3) is 5.56 Å². The molecule has 4 atom stereocenters. The maximum absolute atomic E-state index is 12.1. The van der Waals surface area contributed by atoms with Crippen LogP contribution in [0, 0.1) is 3.57 Å². The van der Waals surface area contributed by atoms with Crippen molar-refractivity contribution in [2.75, 3.05) is 6.61 Å². The first-order chi connectivity index (χ1) is 12.3. The third-order valence-corrected chi connectivity index (χ3v) is 5.46. The minimum atomic E-state index is -0.854. The number of hydrogen-bond donors (Lipinski definition) is 1. The molecule has 1 fully saturated rings. The minimum absolute atomic E-state index is 0.123. The van der Waals surface area contributed by atoms with Gasteiger partial charge >= 0.3 is 17.6 Å². The van der Waals surface area contributed by atoms with Gasteiger partial charge in [0.2, 0.25) is 0 Å². The highest BCUT2D eigenvalue weighted by atomic mass is 127. The number of esters is 2. The highest BCUT2D eigenvalue weighted by Gasteiger charge is 2.47. The average molecular weight is 545 g/mol. The fourth-order valence-electron chi connectivity index (χ4n) is 2.35. The van der Waals surface area contributed by atoms with Gasteiger partial charge in [0.15, 0.2) is 6.23 Å². The first kappa shape index (κ1) is 21.1. The van der Waals surface area contributed by atoms with Gasteiger partial charge in [-0.25, -0.2) is 4.79 Å². The van der Waals surface area contributed by atoms with Gasteiger partial charge in [0, 0.05) is 19.0 Å². The van der Waals surface area contributed by atoms with Crippen LogP contribution in [0.3, 0.4) is 0 Å². The Kier molecular flexibility index (Phi) is 7.41. The average Bonchev–Trinajstić information content (AvgIpc) is 2.91. The Morgan fingerprint density at radius 2 is 1.96 bits per heavy atom. The number of rotatable bonds is 6. The predicted octanol–water partition coefficient (Wildman–Crippen LogP) is 1.08. The van der Waals surface area contributed by atoms with Gasteiger partial charge in [-0.3, -0.25) is 23.9 Å². The van der Waals surface area contributed by atoms with Crippen molar-refractivity contribution >= 4 is 50.5 Å². The van der Waals surface area contributed by atoms with E-state index in [2.05, 4.69) is 20.9 Å². The maximum Gasteiger partial charge on any atom is 0.330 e. The molecule has 0 aliphatic carbocycles. The quantitative estimate of drug-likeness (QED) is 0.323. The first-order valence-electron chi connectivity index (χ1n) is 7.94. The standard InChI is InChI=1S/C15H18BrIN2O7/c1-3-9(20)24-6-8-12(26-10(21)4-2)11(16)14(25-8)19-5-7(17)13(22)18-15(19)23/h5,8,11-12,14H,3-4,6H2,1-2H3,(H,18,22,23)/t8-,11+,12-,14-/m1/s1. The molecule has 0 saturated carbocycles. The highest BCUT2D eigenvalue weighted by Crippen LogP contribution is 2.36. The van der Waals surface area contributed by atoms with Crippen molar-refractivity contribution in [2.24, 2.45) is 0 Å². The molecule has 1 aliphatic rings. The van der Waals surface area contributed by atoms with E-state index in [4.69, 9.17) is 14.2 Å². The fraction of sp³-hybridized carbons (Fsp3) is 0.600. The molecule has 0 amide bonds. The molecular formula is C15H18BrIN2O7. The Labute approximate surface area is 170 Å². The van der Waals surface area contributed by atoms with Crippen molar-refractivity contribution in [2.45, 2.75) is 50.0 Å². The summed E-state index contributed by atoms with van der Waals surface area (Å²) >= 11 is 5.21. The van der Waals surface area contributed by atoms with Crippen LogP contribution in [0.2, 0.25) is 0 Å². The second-order valence-corrected chi connectivity index (χ2v) is 7.72. The third-order valence-electron chi connectivity index (χ3n) is 3.72. The van der Waals surface area contributed by atoms with Crippen LogP contribution < -0.4 is 11.2 Å². The predicted molar refractivity (Wildman–Crippen MR) is 102 cm³/mol. The van der Waals surface area contributed by atoms with Crippen LogP contribution in [-0.2, 0) is 23.8 Å². The molecule has 11 heteroatoms. The fourth-order valence-corrected chi connectivity index (χ4v) is 3.62. The zero-order valence-corrected chi connectivity index (χ0v) is 17.8. The van der Waals surface area contributed by atoms with Gasteiger partial charge in [0.05, 0.1) is 8.40 Å². The Hall–Kier alpha value is -1.21. The summed E-state index contributed by atoms with van der Waals surface area (Å²) in [5.74, 6) is -0.863. The largest absolute Gasteiger partial charge is 0.463 e. The molecule has 2 heterocycles. The zero-order chi connectivity index (χ0) is 19.4. The number of aromatic nitrogens is 2. The topological polar surface area (TPSA) is 117 Å². The molecule has 1 aromatic rings. The van der Waals surface area contributed by atoms with Gasteiger partial charge in [-0.05, 0) is 22.6 Å². The van der Waals surface area contributed by atoms with Crippen molar-refractivity contribution in [3.63, 3.8) is 0 Å². The lowest BCUT2D eigenvalue weighted by Gasteiger charge is -2.20. The molecule has 26 heavy (non-hydrogen) atoms. The first-order valence-corrected chi connectivity index (χ1v) is 9.93. The normalized spacial score (nSPS) is 25.1. The zero-order valence-electron chi connectivity index (χ0n) is 14.1. The summed E-state index contributed by atoms with van der Waals surface area (Å²) < 4.78 is 17.8. The second kappa shape index (κ2) is 9.13. The van der Waals surface area contributed by atoms with E-state index in [0.29, 0.717) is 3.57 Å².